The number of ether oxygens (including phenoxy) is 1. The molecule has 0 aliphatic heterocycles. The number of carboxylic acid groups (broad SMARTS) is 1. The van der Waals surface area contributed by atoms with Crippen molar-refractivity contribution >= 4 is 38.7 Å². The molecule has 0 atom stereocenters. The summed E-state index contributed by atoms with van der Waals surface area (Å²) < 4.78 is 61.0. The Morgan fingerprint density at radius 2 is 1.83 bits per heavy atom. The van der Waals surface area contributed by atoms with Gasteiger partial charge in [-0.3, -0.25) is 0 Å². The quantitative estimate of drug-likeness (QED) is 0.279. The smallest absolute Gasteiger partial charge is 0.545 e. The Kier molecular flexibility index (Phi) is 8.87. The van der Waals surface area contributed by atoms with Crippen LogP contribution in [0.3, 0.4) is 0 Å². The van der Waals surface area contributed by atoms with Crippen molar-refractivity contribution in [2.45, 2.75) is 32.0 Å². The van der Waals surface area contributed by atoms with Crippen molar-refractivity contribution in [1.82, 2.24) is 4.98 Å². The molecule has 182 valence electrons. The SMILES string of the molecule is Nc1cc(C(=O)[O-])cc(C2=C(c3cc(C(F)(F)F)cnc3OCc3ccc(Br)cc3F)CCC2)c1.[Na+]. The van der Waals surface area contributed by atoms with Crippen molar-refractivity contribution < 1.29 is 61.8 Å². The number of carbonyl (C=O) groups is 1. The van der Waals surface area contributed by atoms with E-state index in [4.69, 9.17) is 10.5 Å². The van der Waals surface area contributed by atoms with Crippen molar-refractivity contribution in [3.63, 3.8) is 0 Å². The van der Waals surface area contributed by atoms with E-state index in [0.717, 1.165) is 6.07 Å². The number of carbonyl (C=O) groups excluding carboxylic acids is 1. The topological polar surface area (TPSA) is 88.3 Å². The number of aromatic carboxylic acids is 1. The summed E-state index contributed by atoms with van der Waals surface area (Å²) in [5.41, 5.74) is 6.91. The van der Waals surface area contributed by atoms with Crippen LogP contribution in [0.15, 0.2) is 53.1 Å². The van der Waals surface area contributed by atoms with Gasteiger partial charge >= 0.3 is 35.7 Å². The first-order valence-corrected chi connectivity index (χ1v) is 11.3. The van der Waals surface area contributed by atoms with Gasteiger partial charge in [-0.1, -0.05) is 22.0 Å². The first kappa shape index (κ1) is 28.2. The van der Waals surface area contributed by atoms with Gasteiger partial charge in [0.25, 0.3) is 0 Å². The molecule has 3 aromatic rings. The molecule has 5 nitrogen and oxygen atoms in total. The molecule has 1 aliphatic carbocycles. The number of anilines is 1. The molecule has 0 fully saturated rings. The molecular formula is C25H18BrF4N2NaO3. The molecule has 4 rings (SSSR count). The van der Waals surface area contributed by atoms with Crippen molar-refractivity contribution in [3.05, 3.63) is 86.8 Å². The third kappa shape index (κ3) is 6.29. The number of alkyl halides is 3. The number of carboxylic acids is 1. The number of hydrogen-bond donors (Lipinski definition) is 1. The fourth-order valence-corrected chi connectivity index (χ4v) is 4.36. The van der Waals surface area contributed by atoms with E-state index in [2.05, 4.69) is 20.9 Å². The van der Waals surface area contributed by atoms with E-state index in [1.807, 2.05) is 0 Å². The normalized spacial score (nSPS) is 13.5. The van der Waals surface area contributed by atoms with Crippen molar-refractivity contribution in [2.24, 2.45) is 0 Å². The molecule has 0 saturated heterocycles. The summed E-state index contributed by atoms with van der Waals surface area (Å²) in [4.78, 5) is 15.3. The second kappa shape index (κ2) is 11.3. The van der Waals surface area contributed by atoms with E-state index < -0.39 is 23.5 Å². The average Bonchev–Trinajstić information content (AvgIpc) is 3.27. The van der Waals surface area contributed by atoms with Gasteiger partial charge in [0.05, 0.1) is 11.5 Å². The van der Waals surface area contributed by atoms with Crippen molar-refractivity contribution in [2.75, 3.05) is 5.73 Å². The summed E-state index contributed by atoms with van der Waals surface area (Å²) in [5, 5.41) is 11.4. The number of allylic oxidation sites excluding steroid dienone is 2. The van der Waals surface area contributed by atoms with Gasteiger partial charge in [-0.25, -0.2) is 9.37 Å². The molecule has 11 heteroatoms. The number of hydrogen-bond acceptors (Lipinski definition) is 5. The van der Waals surface area contributed by atoms with Gasteiger partial charge in [-0.2, -0.15) is 13.2 Å². The molecule has 0 bridgehead atoms. The maximum atomic E-state index is 14.2. The number of aromatic nitrogens is 1. The van der Waals surface area contributed by atoms with E-state index in [-0.39, 0.29) is 64.4 Å². The number of nitrogens with zero attached hydrogens (tertiary/aromatic N) is 1. The van der Waals surface area contributed by atoms with Crippen LogP contribution in [0.2, 0.25) is 0 Å². The Bertz CT molecular complexity index is 1350. The van der Waals surface area contributed by atoms with Gasteiger partial charge in [-0.15, -0.1) is 0 Å². The predicted molar refractivity (Wildman–Crippen MR) is 124 cm³/mol. The van der Waals surface area contributed by atoms with Crippen LogP contribution in [0.1, 0.15) is 51.9 Å². The molecule has 0 amide bonds. The fourth-order valence-electron chi connectivity index (χ4n) is 4.03. The molecule has 0 saturated carbocycles. The van der Waals surface area contributed by atoms with Crippen LogP contribution in [0.5, 0.6) is 5.88 Å². The summed E-state index contributed by atoms with van der Waals surface area (Å²) in [6, 6.07) is 9.52. The summed E-state index contributed by atoms with van der Waals surface area (Å²) in [6.45, 7) is -0.250. The van der Waals surface area contributed by atoms with Gasteiger partial charge in [0.15, 0.2) is 0 Å². The third-order valence-corrected chi connectivity index (χ3v) is 6.13. The third-order valence-electron chi connectivity index (χ3n) is 5.64. The second-order valence-corrected chi connectivity index (χ2v) is 8.96. The van der Waals surface area contributed by atoms with Crippen LogP contribution >= 0.6 is 15.9 Å². The standard InChI is InChI=1S/C25H19BrF4N2O3.Na/c26-17-5-4-13(22(27)10-17)12-35-23-21(9-16(11-32-23)25(28,29)30)20-3-1-2-19(20)14-6-15(24(33)34)8-18(31)7-14;/h4-11H,1-3,12,31H2,(H,33,34);/q;+1/p-1. The zero-order valence-corrected chi connectivity index (χ0v) is 22.7. The Hall–Kier alpha value is -2.40. The maximum absolute atomic E-state index is 14.2. The van der Waals surface area contributed by atoms with E-state index in [0.29, 0.717) is 46.6 Å². The second-order valence-electron chi connectivity index (χ2n) is 8.04. The molecule has 0 unspecified atom stereocenters. The van der Waals surface area contributed by atoms with Gasteiger partial charge in [0.2, 0.25) is 5.88 Å². The molecule has 2 aromatic carbocycles. The van der Waals surface area contributed by atoms with E-state index in [1.165, 1.54) is 24.3 Å². The van der Waals surface area contributed by atoms with Crippen LogP contribution in [0.4, 0.5) is 23.2 Å². The Labute approximate surface area is 234 Å². The molecule has 2 N–H and O–H groups in total. The minimum atomic E-state index is -4.64. The fraction of sp³-hybridized carbons (Fsp3) is 0.200. The predicted octanol–water partition coefficient (Wildman–Crippen LogP) is 2.63. The number of nitrogen functional groups attached to an aromatic ring is 1. The number of nitrogens with two attached hydrogens (primary N) is 1. The average molecular weight is 573 g/mol. The van der Waals surface area contributed by atoms with E-state index in [1.54, 1.807) is 12.1 Å². The molecule has 1 heterocycles. The van der Waals surface area contributed by atoms with E-state index in [9.17, 15) is 27.5 Å². The molecule has 36 heavy (non-hydrogen) atoms. The van der Waals surface area contributed by atoms with Gasteiger partial charge in [0.1, 0.15) is 12.4 Å². The Balaban J connectivity index is 0.00000361. The number of halogens is 5. The maximum Gasteiger partial charge on any atom is 1.00 e. The van der Waals surface area contributed by atoms with Gasteiger partial charge < -0.3 is 20.4 Å². The first-order chi connectivity index (χ1) is 16.5. The minimum absolute atomic E-state index is 0. The largest absolute Gasteiger partial charge is 1.00 e. The number of pyridine rings is 1. The summed E-state index contributed by atoms with van der Waals surface area (Å²) in [7, 11) is 0. The summed E-state index contributed by atoms with van der Waals surface area (Å²) >= 11 is 3.17. The minimum Gasteiger partial charge on any atom is -0.545 e. The number of rotatable bonds is 6. The van der Waals surface area contributed by atoms with Crippen molar-refractivity contribution in [3.8, 4) is 5.88 Å². The summed E-state index contributed by atoms with van der Waals surface area (Å²) in [5.74, 6) is -2.04. The van der Waals surface area contributed by atoms with Crippen LogP contribution in [-0.2, 0) is 12.8 Å². The molecule has 0 radical (unpaired) electrons. The zero-order chi connectivity index (χ0) is 25.3. The van der Waals surface area contributed by atoms with Gasteiger partial charge in [0, 0.05) is 27.5 Å². The van der Waals surface area contributed by atoms with Gasteiger partial charge in [-0.05, 0) is 77.9 Å². The molecule has 0 spiro atoms. The molecule has 1 aromatic heterocycles. The van der Waals surface area contributed by atoms with Crippen LogP contribution in [0, 0.1) is 5.82 Å². The number of benzene rings is 2. The van der Waals surface area contributed by atoms with Crippen LogP contribution < -0.4 is 45.1 Å². The van der Waals surface area contributed by atoms with Crippen molar-refractivity contribution in [1.29, 1.82) is 0 Å². The summed E-state index contributed by atoms with van der Waals surface area (Å²) in [6.07, 6.45) is -2.45. The van der Waals surface area contributed by atoms with E-state index >= 15 is 0 Å². The zero-order valence-electron chi connectivity index (χ0n) is 19.1. The Morgan fingerprint density at radius 1 is 1.11 bits per heavy atom. The first-order valence-electron chi connectivity index (χ1n) is 10.5. The van der Waals surface area contributed by atoms with Crippen LogP contribution in [-0.4, -0.2) is 11.0 Å². The Morgan fingerprint density at radius 3 is 2.50 bits per heavy atom. The molecular weight excluding hydrogens is 555 g/mol. The van der Waals surface area contributed by atoms with Crippen LogP contribution in [0.25, 0.3) is 11.1 Å². The monoisotopic (exact) mass is 572 g/mol. The molecule has 1 aliphatic rings.